The number of thioether (sulfide) groups is 1. The molecule has 0 aliphatic heterocycles. The molecule has 0 radical (unpaired) electrons. The molecule has 0 saturated heterocycles. The second-order valence-corrected chi connectivity index (χ2v) is 9.50. The molecule has 0 aliphatic rings. The first-order valence-electron chi connectivity index (χ1n) is 10.9. The van der Waals surface area contributed by atoms with Crippen molar-refractivity contribution in [3.05, 3.63) is 87.6 Å². The maximum atomic E-state index is 13.4. The number of amides is 1. The van der Waals surface area contributed by atoms with Gasteiger partial charge in [-0.15, -0.1) is 21.5 Å². The van der Waals surface area contributed by atoms with Gasteiger partial charge in [-0.2, -0.15) is 13.2 Å². The van der Waals surface area contributed by atoms with Crippen LogP contribution < -0.4 is 5.32 Å². The zero-order valence-electron chi connectivity index (χ0n) is 18.7. The average Bonchev–Trinajstić information content (AvgIpc) is 3.48. The van der Waals surface area contributed by atoms with Crippen LogP contribution in [-0.2, 0) is 18.3 Å². The lowest BCUT2D eigenvalue weighted by Gasteiger charge is -2.13. The van der Waals surface area contributed by atoms with E-state index in [0.29, 0.717) is 46.1 Å². The normalized spacial score (nSPS) is 11.5. The number of thiazole rings is 1. The zero-order valence-corrected chi connectivity index (χ0v) is 20.4. The second kappa shape index (κ2) is 11.0. The Morgan fingerprint density at radius 2 is 1.91 bits per heavy atom. The smallest absolute Gasteiger partial charge is 0.351 e. The number of nitrogens with one attached hydrogen (secondary N) is 1. The third kappa shape index (κ3) is 6.29. The number of nitrogens with zero attached hydrogens (tertiary/aromatic N) is 4. The monoisotopic (exact) mass is 517 g/mol. The Balaban J connectivity index is 1.61. The van der Waals surface area contributed by atoms with Crippen LogP contribution in [0.2, 0.25) is 0 Å². The van der Waals surface area contributed by atoms with Crippen LogP contribution in [0, 0.1) is 0 Å². The van der Waals surface area contributed by atoms with Crippen LogP contribution in [0.3, 0.4) is 0 Å². The van der Waals surface area contributed by atoms with Crippen LogP contribution in [0.15, 0.2) is 65.1 Å². The fourth-order valence-electron chi connectivity index (χ4n) is 3.30. The minimum atomic E-state index is -4.47. The molecule has 6 nitrogen and oxygen atoms in total. The Morgan fingerprint density at radius 1 is 1.11 bits per heavy atom. The molecule has 4 rings (SSSR count). The maximum absolute atomic E-state index is 13.4. The molecule has 182 valence electrons. The topological polar surface area (TPSA) is 72.7 Å². The van der Waals surface area contributed by atoms with Gasteiger partial charge in [-0.1, -0.05) is 55.1 Å². The SMILES string of the molecule is CCCNC(=O)c1csc(CSc2nnc(Cc3ccccc3)n2-c2cccc(C(F)(F)F)c2)n1. The van der Waals surface area contributed by atoms with Gasteiger partial charge in [0.15, 0.2) is 5.16 Å². The second-order valence-electron chi connectivity index (χ2n) is 7.62. The van der Waals surface area contributed by atoms with Crippen molar-refractivity contribution in [2.45, 2.75) is 36.9 Å². The molecule has 0 bridgehead atoms. The summed E-state index contributed by atoms with van der Waals surface area (Å²) in [6.45, 7) is 2.54. The van der Waals surface area contributed by atoms with Gasteiger partial charge in [-0.3, -0.25) is 9.36 Å². The lowest BCUT2D eigenvalue weighted by atomic mass is 10.1. The molecule has 35 heavy (non-hydrogen) atoms. The minimum absolute atomic E-state index is 0.225. The number of hydrogen-bond acceptors (Lipinski definition) is 6. The molecule has 2 aromatic heterocycles. The molecule has 11 heteroatoms. The van der Waals surface area contributed by atoms with Crippen molar-refractivity contribution in [2.75, 3.05) is 6.54 Å². The van der Waals surface area contributed by atoms with Crippen molar-refractivity contribution in [3.63, 3.8) is 0 Å². The van der Waals surface area contributed by atoms with Gasteiger partial charge in [-0.25, -0.2) is 4.98 Å². The number of aromatic nitrogens is 4. The molecule has 0 fully saturated rings. The minimum Gasteiger partial charge on any atom is -0.351 e. The highest BCUT2D eigenvalue weighted by Crippen LogP contribution is 2.32. The predicted molar refractivity (Wildman–Crippen MR) is 130 cm³/mol. The Kier molecular flexibility index (Phi) is 7.86. The Hall–Kier alpha value is -3.18. The van der Waals surface area contributed by atoms with Crippen molar-refractivity contribution in [2.24, 2.45) is 0 Å². The summed E-state index contributed by atoms with van der Waals surface area (Å²) in [5.74, 6) is 0.696. The van der Waals surface area contributed by atoms with Gasteiger partial charge in [0, 0.05) is 18.3 Å². The molecule has 1 amide bonds. The highest BCUT2D eigenvalue weighted by Gasteiger charge is 2.31. The third-order valence-corrected chi connectivity index (χ3v) is 6.95. The maximum Gasteiger partial charge on any atom is 0.416 e. The van der Waals surface area contributed by atoms with E-state index in [-0.39, 0.29) is 5.91 Å². The fraction of sp³-hybridized carbons (Fsp3) is 0.250. The Labute approximate surface area is 208 Å². The Bertz CT molecular complexity index is 1290. The van der Waals surface area contributed by atoms with Gasteiger partial charge >= 0.3 is 6.18 Å². The molecule has 2 aromatic carbocycles. The lowest BCUT2D eigenvalue weighted by Crippen LogP contribution is -2.24. The molecule has 0 aliphatic carbocycles. The van der Waals surface area contributed by atoms with Gasteiger partial charge < -0.3 is 5.32 Å². The summed E-state index contributed by atoms with van der Waals surface area (Å²) in [5.41, 5.74) is 0.903. The summed E-state index contributed by atoms with van der Waals surface area (Å²) in [7, 11) is 0. The van der Waals surface area contributed by atoms with Gasteiger partial charge in [-0.05, 0) is 30.2 Å². The molecular formula is C24H22F3N5OS2. The molecular weight excluding hydrogens is 495 g/mol. The molecule has 2 heterocycles. The van der Waals surface area contributed by atoms with Crippen LogP contribution in [0.25, 0.3) is 5.69 Å². The van der Waals surface area contributed by atoms with E-state index in [0.717, 1.165) is 24.1 Å². The molecule has 1 N–H and O–H groups in total. The van der Waals surface area contributed by atoms with Crippen LogP contribution >= 0.6 is 23.1 Å². The summed E-state index contributed by atoms with van der Waals surface area (Å²) in [6.07, 6.45) is -3.23. The van der Waals surface area contributed by atoms with Crippen molar-refractivity contribution >= 4 is 29.0 Å². The molecule has 0 saturated carbocycles. The van der Waals surface area contributed by atoms with Crippen molar-refractivity contribution < 1.29 is 18.0 Å². The van der Waals surface area contributed by atoms with E-state index in [4.69, 9.17) is 0 Å². The molecule has 0 unspecified atom stereocenters. The van der Waals surface area contributed by atoms with Crippen molar-refractivity contribution in [3.8, 4) is 5.69 Å². The highest BCUT2D eigenvalue weighted by molar-refractivity contribution is 7.98. The average molecular weight is 518 g/mol. The summed E-state index contributed by atoms with van der Waals surface area (Å²) >= 11 is 2.66. The highest BCUT2D eigenvalue weighted by atomic mass is 32.2. The summed E-state index contributed by atoms with van der Waals surface area (Å²) in [4.78, 5) is 16.5. The standard InChI is InChI=1S/C24H22F3N5OS2/c1-2-11-28-22(33)19-14-34-21(29-19)15-35-23-31-30-20(12-16-7-4-3-5-8-16)32(23)18-10-6-9-17(13-18)24(25,26)27/h3-10,13-14H,2,11-12,15H2,1H3,(H,28,33). The number of carbonyl (C=O) groups excluding carboxylic acids is 1. The number of halogens is 3. The summed E-state index contributed by atoms with van der Waals surface area (Å²) in [5, 5.41) is 14.2. The number of hydrogen-bond donors (Lipinski definition) is 1. The lowest BCUT2D eigenvalue weighted by molar-refractivity contribution is -0.137. The van der Waals surface area contributed by atoms with Gasteiger partial charge in [0.1, 0.15) is 16.5 Å². The molecule has 0 spiro atoms. The van der Waals surface area contributed by atoms with Crippen LogP contribution in [0.1, 0.15) is 45.8 Å². The number of rotatable bonds is 9. The van der Waals surface area contributed by atoms with Gasteiger partial charge in [0.05, 0.1) is 17.0 Å². The number of alkyl halides is 3. The van der Waals surface area contributed by atoms with E-state index in [1.165, 1.54) is 29.2 Å². The van der Waals surface area contributed by atoms with Gasteiger partial charge in [0.2, 0.25) is 0 Å². The number of carbonyl (C=O) groups is 1. The van der Waals surface area contributed by atoms with E-state index in [9.17, 15) is 18.0 Å². The quantitative estimate of drug-likeness (QED) is 0.286. The first-order chi connectivity index (χ1) is 16.8. The van der Waals surface area contributed by atoms with E-state index >= 15 is 0 Å². The summed E-state index contributed by atoms with van der Waals surface area (Å²) < 4.78 is 41.8. The predicted octanol–water partition coefficient (Wildman–Crippen LogP) is 5.77. The fourth-order valence-corrected chi connectivity index (χ4v) is 5.07. The summed E-state index contributed by atoms with van der Waals surface area (Å²) in [6, 6.07) is 14.7. The van der Waals surface area contributed by atoms with Crippen LogP contribution in [0.4, 0.5) is 13.2 Å². The van der Waals surface area contributed by atoms with E-state index in [1.54, 1.807) is 16.0 Å². The van der Waals surface area contributed by atoms with Crippen LogP contribution in [-0.4, -0.2) is 32.2 Å². The first kappa shape index (κ1) is 24.9. The van der Waals surface area contributed by atoms with E-state index in [2.05, 4.69) is 20.5 Å². The van der Waals surface area contributed by atoms with Crippen LogP contribution in [0.5, 0.6) is 0 Å². The van der Waals surface area contributed by atoms with E-state index < -0.39 is 11.7 Å². The first-order valence-corrected chi connectivity index (χ1v) is 12.7. The third-order valence-electron chi connectivity index (χ3n) is 4.98. The zero-order chi connectivity index (χ0) is 24.8. The molecule has 0 atom stereocenters. The van der Waals surface area contributed by atoms with Crippen molar-refractivity contribution in [1.82, 2.24) is 25.1 Å². The van der Waals surface area contributed by atoms with Gasteiger partial charge in [0.25, 0.3) is 5.91 Å². The largest absolute Gasteiger partial charge is 0.416 e. The van der Waals surface area contributed by atoms with Crippen molar-refractivity contribution in [1.29, 1.82) is 0 Å². The molecule has 4 aromatic rings. The number of benzene rings is 2. The van der Waals surface area contributed by atoms with E-state index in [1.807, 2.05) is 37.3 Å². The Morgan fingerprint density at radius 3 is 2.66 bits per heavy atom.